The molecule has 0 atom stereocenters. The standard InChI is InChI=1S/C46H42O8/c1-5-13-35(14-6-1)47-25-27-51-39-21-23-41-43(33-39)45(53-31-29-49-37-17-9-3-10-18-37)42-24-22-40(52-28-26-48-36-15-7-2-8-16-36)34-44(42)46(41)54-32-30-50-38-19-11-4-12-20-38/h1-24,33-34H,25-32H2. The first-order valence-corrected chi connectivity index (χ1v) is 18.1. The summed E-state index contributed by atoms with van der Waals surface area (Å²) in [7, 11) is 0. The molecule has 8 nitrogen and oxygen atoms in total. The van der Waals surface area contributed by atoms with Crippen molar-refractivity contribution in [2.45, 2.75) is 0 Å². The molecule has 0 aliphatic rings. The molecular weight excluding hydrogens is 680 g/mol. The molecule has 7 rings (SSSR count). The summed E-state index contributed by atoms with van der Waals surface area (Å²) in [5.41, 5.74) is 0. The van der Waals surface area contributed by atoms with E-state index in [9.17, 15) is 0 Å². The molecule has 0 aliphatic carbocycles. The summed E-state index contributed by atoms with van der Waals surface area (Å²) in [6.45, 7) is 2.87. The molecule has 7 aromatic carbocycles. The molecule has 0 bridgehead atoms. The number of ether oxygens (including phenoxy) is 8. The Morgan fingerprint density at radius 2 is 0.481 bits per heavy atom. The Balaban J connectivity index is 1.16. The predicted octanol–water partition coefficient (Wildman–Crippen LogP) is 9.82. The fraction of sp³-hybridized carbons (Fsp3) is 0.174. The van der Waals surface area contributed by atoms with Gasteiger partial charge in [-0.05, 0) is 84.9 Å². The van der Waals surface area contributed by atoms with Crippen LogP contribution in [0.4, 0.5) is 0 Å². The Kier molecular flexibility index (Phi) is 12.5. The van der Waals surface area contributed by atoms with Crippen LogP contribution in [-0.2, 0) is 0 Å². The van der Waals surface area contributed by atoms with E-state index in [0.717, 1.165) is 44.5 Å². The number of benzene rings is 7. The summed E-state index contributed by atoms with van der Waals surface area (Å²) >= 11 is 0. The van der Waals surface area contributed by atoms with Crippen LogP contribution in [0.15, 0.2) is 158 Å². The summed E-state index contributed by atoms with van der Waals surface area (Å²) in [5, 5.41) is 3.40. The number of rotatable bonds is 20. The lowest BCUT2D eigenvalue weighted by atomic mass is 10.00. The van der Waals surface area contributed by atoms with Crippen molar-refractivity contribution < 1.29 is 37.9 Å². The van der Waals surface area contributed by atoms with Crippen LogP contribution in [0, 0.1) is 0 Å². The molecule has 0 aliphatic heterocycles. The number of hydrogen-bond donors (Lipinski definition) is 0. The van der Waals surface area contributed by atoms with E-state index in [1.54, 1.807) is 0 Å². The average Bonchev–Trinajstić information content (AvgIpc) is 3.23. The lowest BCUT2D eigenvalue weighted by Crippen LogP contribution is -2.12. The molecule has 54 heavy (non-hydrogen) atoms. The van der Waals surface area contributed by atoms with Crippen LogP contribution in [0.3, 0.4) is 0 Å². The maximum absolute atomic E-state index is 6.57. The van der Waals surface area contributed by atoms with Gasteiger partial charge in [-0.3, -0.25) is 0 Å². The Hall–Kier alpha value is -6.54. The largest absolute Gasteiger partial charge is 0.490 e. The molecule has 0 aromatic heterocycles. The Bertz CT molecular complexity index is 2020. The van der Waals surface area contributed by atoms with Crippen LogP contribution in [-0.4, -0.2) is 52.9 Å². The Morgan fingerprint density at radius 1 is 0.222 bits per heavy atom. The van der Waals surface area contributed by atoms with Crippen molar-refractivity contribution in [3.05, 3.63) is 158 Å². The van der Waals surface area contributed by atoms with Gasteiger partial charge in [-0.2, -0.15) is 0 Å². The number of fused-ring (bicyclic) bond motifs is 2. The Morgan fingerprint density at radius 3 is 0.778 bits per heavy atom. The minimum Gasteiger partial charge on any atom is -0.490 e. The third-order valence-electron chi connectivity index (χ3n) is 8.37. The van der Waals surface area contributed by atoms with Crippen LogP contribution in [0.1, 0.15) is 0 Å². The van der Waals surface area contributed by atoms with Gasteiger partial charge in [0.25, 0.3) is 0 Å². The van der Waals surface area contributed by atoms with Crippen LogP contribution in [0.2, 0.25) is 0 Å². The fourth-order valence-electron chi connectivity index (χ4n) is 5.91. The third-order valence-corrected chi connectivity index (χ3v) is 8.37. The van der Waals surface area contributed by atoms with Crippen molar-refractivity contribution in [1.82, 2.24) is 0 Å². The van der Waals surface area contributed by atoms with E-state index >= 15 is 0 Å². The van der Waals surface area contributed by atoms with Gasteiger partial charge in [0.1, 0.15) is 98.9 Å². The van der Waals surface area contributed by atoms with E-state index < -0.39 is 0 Å². The first-order chi connectivity index (χ1) is 26.8. The highest BCUT2D eigenvalue weighted by molar-refractivity contribution is 6.11. The molecular formula is C46H42O8. The molecule has 0 heterocycles. The van der Waals surface area contributed by atoms with E-state index in [4.69, 9.17) is 37.9 Å². The molecule has 0 saturated heterocycles. The monoisotopic (exact) mass is 722 g/mol. The predicted molar refractivity (Wildman–Crippen MR) is 211 cm³/mol. The van der Waals surface area contributed by atoms with Gasteiger partial charge in [-0.25, -0.2) is 0 Å². The third kappa shape index (κ3) is 9.86. The molecule has 8 heteroatoms. The van der Waals surface area contributed by atoms with E-state index in [-0.39, 0.29) is 0 Å². The molecule has 0 saturated carbocycles. The highest BCUT2D eigenvalue weighted by atomic mass is 16.5. The van der Waals surface area contributed by atoms with E-state index in [1.807, 2.05) is 158 Å². The minimum atomic E-state index is 0.315. The minimum absolute atomic E-state index is 0.315. The lowest BCUT2D eigenvalue weighted by molar-refractivity contribution is 0.215. The molecule has 0 unspecified atom stereocenters. The van der Waals surface area contributed by atoms with E-state index in [1.165, 1.54) is 0 Å². The summed E-state index contributed by atoms with van der Waals surface area (Å²) in [4.78, 5) is 0. The van der Waals surface area contributed by atoms with Gasteiger partial charge in [0, 0.05) is 21.5 Å². The summed E-state index contributed by atoms with van der Waals surface area (Å²) in [6.07, 6.45) is 0. The summed E-state index contributed by atoms with van der Waals surface area (Å²) in [5.74, 6) is 5.90. The quantitative estimate of drug-likeness (QED) is 0.0569. The maximum atomic E-state index is 6.57. The van der Waals surface area contributed by atoms with Crippen LogP contribution < -0.4 is 37.9 Å². The zero-order chi connectivity index (χ0) is 36.6. The normalized spacial score (nSPS) is 10.8. The van der Waals surface area contributed by atoms with E-state index in [0.29, 0.717) is 75.9 Å². The van der Waals surface area contributed by atoms with Crippen molar-refractivity contribution in [2.24, 2.45) is 0 Å². The maximum Gasteiger partial charge on any atom is 0.135 e. The zero-order valence-corrected chi connectivity index (χ0v) is 29.9. The molecule has 274 valence electrons. The molecule has 0 radical (unpaired) electrons. The van der Waals surface area contributed by atoms with Gasteiger partial charge in [-0.15, -0.1) is 0 Å². The van der Waals surface area contributed by atoms with Gasteiger partial charge >= 0.3 is 0 Å². The van der Waals surface area contributed by atoms with Crippen molar-refractivity contribution in [3.8, 4) is 46.0 Å². The van der Waals surface area contributed by atoms with E-state index in [2.05, 4.69) is 0 Å². The highest BCUT2D eigenvalue weighted by Gasteiger charge is 2.19. The second-order valence-electron chi connectivity index (χ2n) is 12.1. The smallest absolute Gasteiger partial charge is 0.135 e. The lowest BCUT2D eigenvalue weighted by Gasteiger charge is -2.20. The number of para-hydroxylation sites is 4. The second-order valence-corrected chi connectivity index (χ2v) is 12.1. The fourth-order valence-corrected chi connectivity index (χ4v) is 5.91. The highest BCUT2D eigenvalue weighted by Crippen LogP contribution is 2.45. The number of hydrogen-bond acceptors (Lipinski definition) is 8. The SMILES string of the molecule is c1ccc(OCCOc2ccc3c(OCCOc4ccccc4)c4cc(OCCOc5ccccc5)ccc4c(OCCOc4ccccc4)c3c2)cc1. The molecule has 0 spiro atoms. The van der Waals surface area contributed by atoms with Crippen molar-refractivity contribution in [1.29, 1.82) is 0 Å². The summed E-state index contributed by atoms with van der Waals surface area (Å²) in [6, 6.07) is 50.7. The first-order valence-electron chi connectivity index (χ1n) is 18.1. The van der Waals surface area contributed by atoms with Gasteiger partial charge in [0.05, 0.1) is 0 Å². The van der Waals surface area contributed by atoms with Crippen LogP contribution in [0.25, 0.3) is 21.5 Å². The summed E-state index contributed by atoms with van der Waals surface area (Å²) < 4.78 is 49.2. The van der Waals surface area contributed by atoms with Gasteiger partial charge < -0.3 is 37.9 Å². The van der Waals surface area contributed by atoms with Crippen LogP contribution >= 0.6 is 0 Å². The van der Waals surface area contributed by atoms with Crippen molar-refractivity contribution in [3.63, 3.8) is 0 Å². The first kappa shape index (κ1) is 35.8. The van der Waals surface area contributed by atoms with Crippen molar-refractivity contribution in [2.75, 3.05) is 52.9 Å². The molecule has 0 N–H and O–H groups in total. The molecule has 0 fully saturated rings. The van der Waals surface area contributed by atoms with Crippen LogP contribution in [0.5, 0.6) is 46.0 Å². The Labute approximate surface area is 315 Å². The van der Waals surface area contributed by atoms with Crippen molar-refractivity contribution >= 4 is 21.5 Å². The van der Waals surface area contributed by atoms with Gasteiger partial charge in [0.2, 0.25) is 0 Å². The molecule has 7 aromatic rings. The zero-order valence-electron chi connectivity index (χ0n) is 29.9. The molecule has 0 amide bonds. The van der Waals surface area contributed by atoms with Gasteiger partial charge in [-0.1, -0.05) is 72.8 Å². The topological polar surface area (TPSA) is 73.8 Å². The average molecular weight is 723 g/mol. The van der Waals surface area contributed by atoms with Gasteiger partial charge in [0.15, 0.2) is 0 Å². The second kappa shape index (κ2) is 18.8.